The highest BCUT2D eigenvalue weighted by Crippen LogP contribution is 2.45. The molecule has 0 aromatic rings. The quantitative estimate of drug-likeness (QED) is 0.349. The van der Waals surface area contributed by atoms with E-state index in [-0.39, 0.29) is 31.3 Å². The zero-order chi connectivity index (χ0) is 29.1. The Balaban J connectivity index is 2.40. The third-order valence-corrected chi connectivity index (χ3v) is 6.91. The summed E-state index contributed by atoms with van der Waals surface area (Å²) in [6.07, 6.45) is 4.79. The van der Waals surface area contributed by atoms with E-state index in [9.17, 15) is 24.3 Å². The van der Waals surface area contributed by atoms with Crippen molar-refractivity contribution < 1.29 is 29.0 Å². The zero-order valence-corrected chi connectivity index (χ0v) is 23.6. The van der Waals surface area contributed by atoms with E-state index >= 15 is 0 Å². The highest BCUT2D eigenvalue weighted by Gasteiger charge is 2.61. The van der Waals surface area contributed by atoms with E-state index in [1.54, 1.807) is 32.9 Å². The monoisotopic (exact) mass is 532 g/mol. The molecular weight excluding hydrogens is 488 g/mol. The Morgan fingerprint density at radius 1 is 1.11 bits per heavy atom. The molecule has 0 aromatic carbocycles. The molecule has 1 aliphatic carbocycles. The molecule has 2 aliphatic rings. The van der Waals surface area contributed by atoms with Crippen molar-refractivity contribution in [1.82, 2.24) is 20.4 Å². The van der Waals surface area contributed by atoms with Crippen LogP contribution >= 0.6 is 0 Å². The van der Waals surface area contributed by atoms with Gasteiger partial charge in [0.25, 0.3) is 0 Å². The fraction of sp³-hybridized carbons (Fsp3) is 0.643. The number of hydrogen-bond donors (Lipinski definition) is 3. The first kappa shape index (κ1) is 31.1. The van der Waals surface area contributed by atoms with Gasteiger partial charge >= 0.3 is 12.1 Å². The van der Waals surface area contributed by atoms with E-state index < -0.39 is 52.5 Å². The number of amides is 3. The summed E-state index contributed by atoms with van der Waals surface area (Å²) in [6, 6.07) is -2.13. The van der Waals surface area contributed by atoms with Crippen molar-refractivity contribution in [3.05, 3.63) is 38.0 Å². The summed E-state index contributed by atoms with van der Waals surface area (Å²) >= 11 is 0. The minimum atomic E-state index is -1.42. The lowest BCUT2D eigenvalue weighted by atomic mass is 9.85. The molecule has 212 valence electrons. The third-order valence-electron chi connectivity index (χ3n) is 6.91. The Labute approximate surface area is 226 Å². The van der Waals surface area contributed by atoms with Crippen molar-refractivity contribution in [2.24, 2.45) is 11.3 Å². The number of carbonyl (C=O) groups is 4. The number of alkyl carbamates (subject to hydrolysis) is 1. The maximum atomic E-state index is 14.0. The van der Waals surface area contributed by atoms with E-state index in [4.69, 9.17) is 4.74 Å². The molecule has 2 fully saturated rings. The molecule has 0 aromatic heterocycles. The number of nitrogens with one attached hydrogen (secondary N) is 2. The van der Waals surface area contributed by atoms with Gasteiger partial charge in [-0.1, -0.05) is 39.0 Å². The normalized spacial score (nSPS) is 25.8. The predicted molar refractivity (Wildman–Crippen MR) is 145 cm³/mol. The molecule has 3 amide bonds. The first-order valence-electron chi connectivity index (χ1n) is 12.9. The number of carbonyl (C=O) groups excluding carboxylic acids is 3. The average Bonchev–Trinajstić information content (AvgIpc) is 3.32. The number of nitrogens with zero attached hydrogens (tertiary/aromatic N) is 2. The molecule has 1 heterocycles. The van der Waals surface area contributed by atoms with Crippen LogP contribution in [0.3, 0.4) is 0 Å². The van der Waals surface area contributed by atoms with Crippen LogP contribution in [-0.4, -0.2) is 87.7 Å². The number of carboxylic acids is 1. The molecule has 10 heteroatoms. The molecule has 1 saturated carbocycles. The second-order valence-corrected chi connectivity index (χ2v) is 12.2. The van der Waals surface area contributed by atoms with Crippen LogP contribution in [0, 0.1) is 11.3 Å². The Morgan fingerprint density at radius 2 is 1.68 bits per heavy atom. The van der Waals surface area contributed by atoms with Gasteiger partial charge in [-0.25, -0.2) is 9.59 Å². The van der Waals surface area contributed by atoms with Crippen molar-refractivity contribution in [2.75, 3.05) is 19.6 Å². The van der Waals surface area contributed by atoms with E-state index in [0.29, 0.717) is 13.1 Å². The first-order valence-corrected chi connectivity index (χ1v) is 12.9. The van der Waals surface area contributed by atoms with Crippen LogP contribution in [0.1, 0.15) is 54.4 Å². The molecule has 2 unspecified atom stereocenters. The van der Waals surface area contributed by atoms with Crippen LogP contribution in [0.4, 0.5) is 4.79 Å². The Bertz CT molecular complexity index is 955. The lowest BCUT2D eigenvalue weighted by molar-refractivity contribution is -0.146. The van der Waals surface area contributed by atoms with Gasteiger partial charge in [-0.15, -0.1) is 19.7 Å². The van der Waals surface area contributed by atoms with Crippen molar-refractivity contribution in [3.8, 4) is 0 Å². The number of carboxylic acid groups (broad SMARTS) is 1. The average molecular weight is 533 g/mol. The van der Waals surface area contributed by atoms with Crippen molar-refractivity contribution in [1.29, 1.82) is 0 Å². The third kappa shape index (κ3) is 7.24. The maximum Gasteiger partial charge on any atom is 0.408 e. The van der Waals surface area contributed by atoms with E-state index in [1.165, 1.54) is 11.0 Å². The summed E-state index contributed by atoms with van der Waals surface area (Å²) in [5.74, 6) is -2.51. The minimum Gasteiger partial charge on any atom is -0.479 e. The fourth-order valence-electron chi connectivity index (χ4n) is 4.83. The molecule has 3 N–H and O–H groups in total. The molecule has 0 spiro atoms. The number of rotatable bonds is 11. The van der Waals surface area contributed by atoms with Gasteiger partial charge in [0.2, 0.25) is 11.8 Å². The maximum absolute atomic E-state index is 14.0. The predicted octanol–water partition coefficient (Wildman–Crippen LogP) is 2.71. The zero-order valence-electron chi connectivity index (χ0n) is 23.6. The molecule has 0 radical (unpaired) electrons. The van der Waals surface area contributed by atoms with Gasteiger partial charge in [0.05, 0.1) is 0 Å². The lowest BCUT2D eigenvalue weighted by Gasteiger charge is -2.36. The second kappa shape index (κ2) is 11.7. The largest absolute Gasteiger partial charge is 0.479 e. The highest BCUT2D eigenvalue weighted by atomic mass is 16.6. The molecule has 10 nitrogen and oxygen atoms in total. The molecule has 38 heavy (non-hydrogen) atoms. The van der Waals surface area contributed by atoms with Crippen LogP contribution < -0.4 is 10.6 Å². The Morgan fingerprint density at radius 3 is 2.11 bits per heavy atom. The molecule has 5 atom stereocenters. The topological polar surface area (TPSA) is 128 Å². The number of ether oxygens (including phenoxy) is 1. The van der Waals surface area contributed by atoms with Crippen LogP contribution in [0.2, 0.25) is 0 Å². The molecule has 0 bridgehead atoms. The lowest BCUT2D eigenvalue weighted by Crippen LogP contribution is -2.59. The SMILES string of the molecule is C=CCN(CC=C)[C@@H]1C[C@@H](C(=O)NC2(C(=O)O)CC2C=C)N(C(=O)[C@@H](NC(=O)OC(C)(C)C)C(C)(C)C)C1. The van der Waals surface area contributed by atoms with Gasteiger partial charge in [0.1, 0.15) is 23.2 Å². The second-order valence-electron chi connectivity index (χ2n) is 12.2. The van der Waals surface area contributed by atoms with E-state index in [2.05, 4.69) is 35.3 Å². The molecule has 1 saturated heterocycles. The van der Waals surface area contributed by atoms with Gasteiger partial charge in [-0.3, -0.25) is 14.5 Å². The fourth-order valence-corrected chi connectivity index (χ4v) is 4.83. The van der Waals surface area contributed by atoms with E-state index in [1.807, 2.05) is 20.8 Å². The van der Waals surface area contributed by atoms with Crippen LogP contribution in [0.15, 0.2) is 38.0 Å². The summed E-state index contributed by atoms with van der Waals surface area (Å²) in [7, 11) is 0. The standard InChI is InChI=1S/C28H44N4O6/c1-10-13-31(14-11-2)19-15-20(22(33)30-28(24(35)36)16-18(28)12-3)32(17-19)23(34)21(26(4,5)6)29-25(37)38-27(7,8)9/h10-12,18-21H,1-3,13-17H2,4-9H3,(H,29,37)(H,30,33)(H,35,36)/t18?,19-,20+,21-,28?/m1/s1. The Hall–Kier alpha value is -3.14. The summed E-state index contributed by atoms with van der Waals surface area (Å²) in [5.41, 5.74) is -2.89. The smallest absolute Gasteiger partial charge is 0.408 e. The van der Waals surface area contributed by atoms with Gasteiger partial charge in [-0.2, -0.15) is 0 Å². The van der Waals surface area contributed by atoms with Gasteiger partial charge in [-0.05, 0) is 39.0 Å². The summed E-state index contributed by atoms with van der Waals surface area (Å²) in [6.45, 7) is 23.2. The summed E-state index contributed by atoms with van der Waals surface area (Å²) in [5, 5.41) is 15.2. The van der Waals surface area contributed by atoms with Crippen LogP contribution in [0.25, 0.3) is 0 Å². The van der Waals surface area contributed by atoms with Crippen molar-refractivity contribution in [2.45, 2.75) is 83.6 Å². The first-order chi connectivity index (χ1) is 17.5. The van der Waals surface area contributed by atoms with E-state index in [0.717, 1.165) is 0 Å². The highest BCUT2D eigenvalue weighted by molar-refractivity contribution is 5.96. The van der Waals surface area contributed by atoms with Gasteiger partial charge < -0.3 is 25.4 Å². The number of aliphatic carboxylic acids is 1. The summed E-state index contributed by atoms with van der Waals surface area (Å²) in [4.78, 5) is 55.7. The van der Waals surface area contributed by atoms with Gasteiger partial charge in [0, 0.05) is 31.6 Å². The number of likely N-dealkylation sites (tertiary alicyclic amines) is 1. The Kier molecular flexibility index (Phi) is 9.58. The van der Waals surface area contributed by atoms with Crippen molar-refractivity contribution >= 4 is 23.9 Å². The minimum absolute atomic E-state index is 0.206. The molecular formula is C28H44N4O6. The van der Waals surface area contributed by atoms with Gasteiger partial charge in [0.15, 0.2) is 0 Å². The van der Waals surface area contributed by atoms with Crippen molar-refractivity contribution in [3.63, 3.8) is 0 Å². The summed E-state index contributed by atoms with van der Waals surface area (Å²) < 4.78 is 5.39. The molecule has 1 aliphatic heterocycles. The number of hydrogen-bond acceptors (Lipinski definition) is 6. The van der Waals surface area contributed by atoms with Crippen LogP contribution in [0.5, 0.6) is 0 Å². The molecule has 2 rings (SSSR count). The van der Waals surface area contributed by atoms with Crippen LogP contribution in [-0.2, 0) is 19.1 Å².